The van der Waals surface area contributed by atoms with Crippen LogP contribution in [0.2, 0.25) is 0 Å². The lowest BCUT2D eigenvalue weighted by atomic mass is 10.0. The van der Waals surface area contributed by atoms with Crippen LogP contribution in [0.5, 0.6) is 0 Å². The molecule has 1 rings (SSSR count). The lowest BCUT2D eigenvalue weighted by molar-refractivity contribution is 0.0528. The Bertz CT molecular complexity index is 386. The monoisotopic (exact) mass is 236 g/mol. The van der Waals surface area contributed by atoms with Crippen LogP contribution in [0.1, 0.15) is 11.7 Å². The second kappa shape index (κ2) is 6.21. The average Bonchev–Trinajstić information content (AvgIpc) is 2.37. The molecule has 5 nitrogen and oxygen atoms in total. The topological polar surface area (TPSA) is 87.7 Å². The summed E-state index contributed by atoms with van der Waals surface area (Å²) < 4.78 is 0. The molecule has 0 radical (unpaired) electrons. The maximum Gasteiger partial charge on any atom is 0.170 e. The van der Waals surface area contributed by atoms with Gasteiger partial charge in [-0.3, -0.25) is 0 Å². The highest BCUT2D eigenvalue weighted by Gasteiger charge is 2.17. The third-order valence-electron chi connectivity index (χ3n) is 2.54. The molecule has 1 aromatic rings. The summed E-state index contributed by atoms with van der Waals surface area (Å²) in [4.78, 5) is 1.86. The van der Waals surface area contributed by atoms with Crippen molar-refractivity contribution < 1.29 is 15.3 Å². The number of aliphatic hydroxyl groups excluding tert-OH is 3. The fraction of sp³-hybridized carbons (Fsp3) is 0.417. The Morgan fingerprint density at radius 1 is 1.29 bits per heavy atom. The van der Waals surface area contributed by atoms with Gasteiger partial charge in [0, 0.05) is 19.3 Å². The molecule has 1 aromatic carbocycles. The van der Waals surface area contributed by atoms with Gasteiger partial charge in [0.05, 0.1) is 12.7 Å². The molecule has 92 valence electrons. The van der Waals surface area contributed by atoms with Crippen molar-refractivity contribution in [3.63, 3.8) is 0 Å². The second-order valence-corrected chi connectivity index (χ2v) is 3.76. The van der Waals surface area contributed by atoms with Crippen LogP contribution in [0, 0.1) is 11.3 Å². The van der Waals surface area contributed by atoms with E-state index in [1.165, 1.54) is 0 Å². The van der Waals surface area contributed by atoms with Gasteiger partial charge in [-0.1, -0.05) is 12.1 Å². The van der Waals surface area contributed by atoms with Gasteiger partial charge in [-0.2, -0.15) is 5.26 Å². The highest BCUT2D eigenvalue weighted by molar-refractivity contribution is 5.47. The molecule has 0 aromatic heterocycles. The van der Waals surface area contributed by atoms with Crippen molar-refractivity contribution in [3.05, 3.63) is 29.8 Å². The molecular weight excluding hydrogens is 220 g/mol. The molecule has 2 unspecified atom stereocenters. The Morgan fingerprint density at radius 2 is 1.88 bits per heavy atom. The summed E-state index contributed by atoms with van der Waals surface area (Å²) in [7, 11) is 1.84. The minimum Gasteiger partial charge on any atom is -0.395 e. The fourth-order valence-corrected chi connectivity index (χ4v) is 1.46. The molecular formula is C12H16N2O3. The van der Waals surface area contributed by atoms with Crippen LogP contribution >= 0.6 is 0 Å². The SMILES string of the molecule is CN(CCO)c1ccc(C(O)C(O)C#N)cc1. The molecule has 0 heterocycles. The molecule has 0 aliphatic rings. The standard InChI is InChI=1S/C12H16N2O3/c1-14(6-7-15)10-4-2-9(3-5-10)12(17)11(16)8-13/h2-5,11-12,15-17H,6-7H2,1H3. The van der Waals surface area contributed by atoms with Crippen LogP contribution in [0.4, 0.5) is 5.69 Å². The first-order valence-corrected chi connectivity index (χ1v) is 5.28. The Hall–Kier alpha value is -1.61. The number of benzene rings is 1. The van der Waals surface area contributed by atoms with E-state index in [0.29, 0.717) is 12.1 Å². The van der Waals surface area contributed by atoms with Crippen LogP contribution in [0.3, 0.4) is 0 Å². The van der Waals surface area contributed by atoms with Crippen molar-refractivity contribution in [2.45, 2.75) is 12.2 Å². The number of hydrogen-bond donors (Lipinski definition) is 3. The van der Waals surface area contributed by atoms with Gasteiger partial charge in [0.25, 0.3) is 0 Å². The summed E-state index contributed by atoms with van der Waals surface area (Å²) in [5.74, 6) is 0. The Labute approximate surface area is 100 Å². The first kappa shape index (κ1) is 13.5. The van der Waals surface area contributed by atoms with Crippen molar-refractivity contribution in [1.82, 2.24) is 0 Å². The highest BCUT2D eigenvalue weighted by Crippen LogP contribution is 2.20. The Morgan fingerprint density at radius 3 is 2.35 bits per heavy atom. The number of anilines is 1. The third kappa shape index (κ3) is 3.43. The maximum atomic E-state index is 9.60. The zero-order chi connectivity index (χ0) is 12.8. The molecule has 0 amide bonds. The lowest BCUT2D eigenvalue weighted by Gasteiger charge is -2.19. The smallest absolute Gasteiger partial charge is 0.170 e. The molecule has 0 aliphatic carbocycles. The molecule has 0 aliphatic heterocycles. The Kier molecular flexibility index (Phi) is 4.91. The van der Waals surface area contributed by atoms with Gasteiger partial charge >= 0.3 is 0 Å². The van der Waals surface area contributed by atoms with Gasteiger partial charge in [0.2, 0.25) is 0 Å². The number of aliphatic hydroxyl groups is 3. The zero-order valence-electron chi connectivity index (χ0n) is 9.61. The second-order valence-electron chi connectivity index (χ2n) is 3.76. The van der Waals surface area contributed by atoms with Crippen LogP contribution in [-0.2, 0) is 0 Å². The molecule has 0 saturated carbocycles. The van der Waals surface area contributed by atoms with E-state index in [1.54, 1.807) is 30.3 Å². The van der Waals surface area contributed by atoms with Crippen molar-refractivity contribution in [2.24, 2.45) is 0 Å². The first-order valence-electron chi connectivity index (χ1n) is 5.28. The predicted molar refractivity (Wildman–Crippen MR) is 63.4 cm³/mol. The van der Waals surface area contributed by atoms with Gasteiger partial charge in [0.15, 0.2) is 6.10 Å². The van der Waals surface area contributed by atoms with E-state index in [-0.39, 0.29) is 6.61 Å². The van der Waals surface area contributed by atoms with Crippen LogP contribution in [-0.4, -0.2) is 41.6 Å². The molecule has 3 N–H and O–H groups in total. The minimum atomic E-state index is -1.42. The number of likely N-dealkylation sites (N-methyl/N-ethyl adjacent to an activating group) is 1. The first-order chi connectivity index (χ1) is 8.10. The summed E-state index contributed by atoms with van der Waals surface area (Å²) in [6.45, 7) is 0.580. The van der Waals surface area contributed by atoms with Crippen LogP contribution in [0.15, 0.2) is 24.3 Å². The average molecular weight is 236 g/mol. The van der Waals surface area contributed by atoms with Gasteiger partial charge in [0.1, 0.15) is 6.10 Å². The molecule has 0 spiro atoms. The Balaban J connectivity index is 2.78. The quantitative estimate of drug-likeness (QED) is 0.628. The summed E-state index contributed by atoms with van der Waals surface area (Å²) in [6, 6.07) is 8.40. The molecule has 0 fully saturated rings. The number of rotatable bonds is 5. The van der Waals surface area contributed by atoms with Crippen LogP contribution in [0.25, 0.3) is 0 Å². The van der Waals surface area contributed by atoms with Crippen molar-refractivity contribution in [2.75, 3.05) is 25.1 Å². The summed E-state index contributed by atoms with van der Waals surface area (Å²) >= 11 is 0. The summed E-state index contributed by atoms with van der Waals surface area (Å²) in [5, 5.41) is 36.1. The van der Waals surface area contributed by atoms with Crippen LogP contribution < -0.4 is 4.90 Å². The normalized spacial score (nSPS) is 13.8. The van der Waals surface area contributed by atoms with Gasteiger partial charge < -0.3 is 20.2 Å². The number of nitrogens with zero attached hydrogens (tertiary/aromatic N) is 2. The molecule has 17 heavy (non-hydrogen) atoms. The fourth-order valence-electron chi connectivity index (χ4n) is 1.46. The number of hydrogen-bond acceptors (Lipinski definition) is 5. The maximum absolute atomic E-state index is 9.60. The summed E-state index contributed by atoms with van der Waals surface area (Å²) in [6.07, 6.45) is -2.62. The molecule has 5 heteroatoms. The highest BCUT2D eigenvalue weighted by atomic mass is 16.3. The van der Waals surface area contributed by atoms with Crippen molar-refractivity contribution >= 4 is 5.69 Å². The largest absolute Gasteiger partial charge is 0.395 e. The third-order valence-corrected chi connectivity index (χ3v) is 2.54. The van der Waals surface area contributed by atoms with Gasteiger partial charge in [-0.15, -0.1) is 0 Å². The lowest BCUT2D eigenvalue weighted by Crippen LogP contribution is -2.21. The van der Waals surface area contributed by atoms with Gasteiger partial charge in [-0.05, 0) is 17.7 Å². The molecule has 0 saturated heterocycles. The molecule has 2 atom stereocenters. The molecule has 0 bridgehead atoms. The van der Waals surface area contributed by atoms with E-state index < -0.39 is 12.2 Å². The minimum absolute atomic E-state index is 0.0635. The van der Waals surface area contributed by atoms with E-state index in [2.05, 4.69) is 0 Å². The predicted octanol–water partition coefficient (Wildman–Crippen LogP) is 0.0330. The van der Waals surface area contributed by atoms with E-state index >= 15 is 0 Å². The summed E-state index contributed by atoms with van der Waals surface area (Å²) in [5.41, 5.74) is 1.38. The van der Waals surface area contributed by atoms with Crippen molar-refractivity contribution in [3.8, 4) is 6.07 Å². The van der Waals surface area contributed by atoms with E-state index in [9.17, 15) is 10.2 Å². The number of nitriles is 1. The van der Waals surface area contributed by atoms with E-state index in [1.807, 2.05) is 11.9 Å². The van der Waals surface area contributed by atoms with Gasteiger partial charge in [-0.25, -0.2) is 0 Å². The van der Waals surface area contributed by atoms with Crippen molar-refractivity contribution in [1.29, 1.82) is 5.26 Å². The zero-order valence-corrected chi connectivity index (χ0v) is 9.61. The van der Waals surface area contributed by atoms with E-state index in [0.717, 1.165) is 5.69 Å². The van der Waals surface area contributed by atoms with E-state index in [4.69, 9.17) is 10.4 Å².